The van der Waals surface area contributed by atoms with Gasteiger partial charge in [-0.05, 0) is 17.5 Å². The second-order valence-electron chi connectivity index (χ2n) is 6.47. The molecule has 0 spiro atoms. The third kappa shape index (κ3) is 8.71. The number of aliphatic imine (C=N–C) groups is 1. The minimum absolute atomic E-state index is 0.639. The van der Waals surface area contributed by atoms with Gasteiger partial charge in [0.2, 0.25) is 0 Å². The molecule has 2 rings (SSSR count). The molecule has 1 saturated heterocycles. The molecule has 7 heteroatoms. The molecular formula is C20H34N4O3. The van der Waals surface area contributed by atoms with Crippen LogP contribution in [0.15, 0.2) is 29.3 Å². The lowest BCUT2D eigenvalue weighted by atomic mass is 10.1. The molecule has 0 amide bonds. The Balaban J connectivity index is 1.72. The van der Waals surface area contributed by atoms with Crippen LogP contribution in [0.3, 0.4) is 0 Å². The first-order valence-corrected chi connectivity index (χ1v) is 9.71. The summed E-state index contributed by atoms with van der Waals surface area (Å²) in [6.45, 7) is 8.19. The fourth-order valence-electron chi connectivity index (χ4n) is 2.91. The smallest absolute Gasteiger partial charge is 0.191 e. The molecule has 2 N–H and O–H groups in total. The van der Waals surface area contributed by atoms with Gasteiger partial charge in [0.25, 0.3) is 0 Å². The lowest BCUT2D eigenvalue weighted by Crippen LogP contribution is -2.38. The summed E-state index contributed by atoms with van der Waals surface area (Å²) in [5.41, 5.74) is 2.66. The van der Waals surface area contributed by atoms with Gasteiger partial charge in [-0.25, -0.2) is 0 Å². The molecule has 0 radical (unpaired) electrons. The highest BCUT2D eigenvalue weighted by Crippen LogP contribution is 2.12. The number of benzene rings is 1. The molecule has 152 valence electrons. The van der Waals surface area contributed by atoms with Gasteiger partial charge in [0.1, 0.15) is 0 Å². The quantitative estimate of drug-likeness (QED) is 0.343. The molecule has 0 unspecified atom stereocenters. The van der Waals surface area contributed by atoms with E-state index in [1.165, 1.54) is 11.1 Å². The summed E-state index contributed by atoms with van der Waals surface area (Å²) < 4.78 is 15.9. The van der Waals surface area contributed by atoms with E-state index in [0.29, 0.717) is 13.2 Å². The lowest BCUT2D eigenvalue weighted by molar-refractivity contribution is 0.0341. The number of nitrogens with one attached hydrogen (secondary N) is 2. The summed E-state index contributed by atoms with van der Waals surface area (Å²) in [7, 11) is 3.48. The molecule has 0 aromatic heterocycles. The van der Waals surface area contributed by atoms with Gasteiger partial charge in [-0.15, -0.1) is 0 Å². The SMILES string of the molecule is CN=C(NCCCOCCOC)NCc1ccccc1CN1CCOCC1. The van der Waals surface area contributed by atoms with Crippen LogP contribution in [0.1, 0.15) is 17.5 Å². The zero-order valence-corrected chi connectivity index (χ0v) is 16.7. The number of rotatable bonds is 11. The summed E-state index contributed by atoms with van der Waals surface area (Å²) in [4.78, 5) is 6.75. The Morgan fingerprint density at radius 3 is 2.63 bits per heavy atom. The van der Waals surface area contributed by atoms with Gasteiger partial charge in [-0.3, -0.25) is 9.89 Å². The molecule has 0 atom stereocenters. The van der Waals surface area contributed by atoms with Crippen molar-refractivity contribution in [3.05, 3.63) is 35.4 Å². The van der Waals surface area contributed by atoms with Gasteiger partial charge in [0.05, 0.1) is 26.4 Å². The molecule has 1 aliphatic heterocycles. The molecule has 1 aromatic carbocycles. The van der Waals surface area contributed by atoms with Crippen molar-refractivity contribution in [2.24, 2.45) is 4.99 Å². The zero-order valence-electron chi connectivity index (χ0n) is 16.7. The van der Waals surface area contributed by atoms with E-state index in [9.17, 15) is 0 Å². The number of hydrogen-bond donors (Lipinski definition) is 2. The van der Waals surface area contributed by atoms with Gasteiger partial charge < -0.3 is 24.8 Å². The van der Waals surface area contributed by atoms with Crippen LogP contribution in [0.2, 0.25) is 0 Å². The van der Waals surface area contributed by atoms with Gasteiger partial charge in [0, 0.05) is 53.5 Å². The largest absolute Gasteiger partial charge is 0.382 e. The van der Waals surface area contributed by atoms with Crippen LogP contribution < -0.4 is 10.6 Å². The summed E-state index contributed by atoms with van der Waals surface area (Å²) in [6, 6.07) is 8.59. The first-order chi connectivity index (χ1) is 13.3. The van der Waals surface area contributed by atoms with Crippen molar-refractivity contribution in [3.8, 4) is 0 Å². The van der Waals surface area contributed by atoms with Crippen molar-refractivity contribution < 1.29 is 14.2 Å². The van der Waals surface area contributed by atoms with Crippen LogP contribution in [0, 0.1) is 0 Å². The molecule has 0 bridgehead atoms. The van der Waals surface area contributed by atoms with Crippen molar-refractivity contribution in [3.63, 3.8) is 0 Å². The summed E-state index contributed by atoms with van der Waals surface area (Å²) >= 11 is 0. The maximum atomic E-state index is 5.47. The van der Waals surface area contributed by atoms with Crippen molar-refractivity contribution >= 4 is 5.96 Å². The highest BCUT2D eigenvalue weighted by molar-refractivity contribution is 5.79. The Hall–Kier alpha value is -1.67. The molecule has 1 heterocycles. The van der Waals surface area contributed by atoms with Crippen molar-refractivity contribution in [1.29, 1.82) is 0 Å². The predicted molar refractivity (Wildman–Crippen MR) is 108 cm³/mol. The van der Waals surface area contributed by atoms with E-state index in [4.69, 9.17) is 14.2 Å². The average Bonchev–Trinajstić information content (AvgIpc) is 2.71. The second kappa shape index (κ2) is 13.5. The molecule has 1 aromatic rings. The first kappa shape index (κ1) is 21.6. The van der Waals surface area contributed by atoms with E-state index >= 15 is 0 Å². The van der Waals surface area contributed by atoms with Crippen LogP contribution in [0.4, 0.5) is 0 Å². The molecule has 7 nitrogen and oxygen atoms in total. The Kier molecular flexibility index (Phi) is 10.8. The van der Waals surface area contributed by atoms with E-state index in [0.717, 1.165) is 64.9 Å². The number of ether oxygens (including phenoxy) is 3. The van der Waals surface area contributed by atoms with Crippen LogP contribution in [0.5, 0.6) is 0 Å². The molecule has 0 saturated carbocycles. The highest BCUT2D eigenvalue weighted by Gasteiger charge is 2.12. The van der Waals surface area contributed by atoms with Crippen LogP contribution in [-0.4, -0.2) is 77.7 Å². The number of methoxy groups -OCH3 is 1. The van der Waals surface area contributed by atoms with E-state index < -0.39 is 0 Å². The summed E-state index contributed by atoms with van der Waals surface area (Å²) in [6.07, 6.45) is 0.929. The van der Waals surface area contributed by atoms with Gasteiger partial charge in [-0.1, -0.05) is 24.3 Å². The normalized spacial score (nSPS) is 15.7. The first-order valence-electron chi connectivity index (χ1n) is 9.71. The Bertz CT molecular complexity index is 548. The highest BCUT2D eigenvalue weighted by atomic mass is 16.5. The second-order valence-corrected chi connectivity index (χ2v) is 6.47. The summed E-state index contributed by atoms with van der Waals surface area (Å²) in [5.74, 6) is 0.813. The minimum atomic E-state index is 0.639. The summed E-state index contributed by atoms with van der Waals surface area (Å²) in [5, 5.41) is 6.74. The van der Waals surface area contributed by atoms with E-state index in [-0.39, 0.29) is 0 Å². The Morgan fingerprint density at radius 1 is 1.11 bits per heavy atom. The molecule has 0 aliphatic carbocycles. The number of hydrogen-bond acceptors (Lipinski definition) is 5. The van der Waals surface area contributed by atoms with Crippen molar-refractivity contribution in [1.82, 2.24) is 15.5 Å². The lowest BCUT2D eigenvalue weighted by Gasteiger charge is -2.27. The zero-order chi connectivity index (χ0) is 19.2. The maximum Gasteiger partial charge on any atom is 0.191 e. The van der Waals surface area contributed by atoms with Crippen LogP contribution >= 0.6 is 0 Å². The molecule has 27 heavy (non-hydrogen) atoms. The molecule has 1 aliphatic rings. The van der Waals surface area contributed by atoms with E-state index in [1.807, 2.05) is 0 Å². The van der Waals surface area contributed by atoms with E-state index in [1.54, 1.807) is 14.2 Å². The number of nitrogens with zero attached hydrogens (tertiary/aromatic N) is 2. The van der Waals surface area contributed by atoms with Crippen molar-refractivity contribution in [2.45, 2.75) is 19.5 Å². The average molecular weight is 379 g/mol. The maximum absolute atomic E-state index is 5.47. The number of guanidine groups is 1. The van der Waals surface area contributed by atoms with Gasteiger partial charge in [-0.2, -0.15) is 0 Å². The molecular weight excluding hydrogens is 344 g/mol. The number of morpholine rings is 1. The Labute approximate surface area is 163 Å². The molecule has 1 fully saturated rings. The fourth-order valence-corrected chi connectivity index (χ4v) is 2.91. The fraction of sp³-hybridized carbons (Fsp3) is 0.650. The third-order valence-corrected chi connectivity index (χ3v) is 4.48. The monoisotopic (exact) mass is 378 g/mol. The topological polar surface area (TPSA) is 67.4 Å². The predicted octanol–water partition coefficient (Wildman–Crippen LogP) is 1.24. The van der Waals surface area contributed by atoms with Crippen LogP contribution in [-0.2, 0) is 27.3 Å². The minimum Gasteiger partial charge on any atom is -0.382 e. The Morgan fingerprint density at radius 2 is 1.89 bits per heavy atom. The van der Waals surface area contributed by atoms with Crippen LogP contribution in [0.25, 0.3) is 0 Å². The third-order valence-electron chi connectivity index (χ3n) is 4.48. The van der Waals surface area contributed by atoms with Gasteiger partial charge >= 0.3 is 0 Å². The van der Waals surface area contributed by atoms with Gasteiger partial charge in [0.15, 0.2) is 5.96 Å². The van der Waals surface area contributed by atoms with Crippen molar-refractivity contribution in [2.75, 3.05) is 66.8 Å². The standard InChI is InChI=1S/C20H34N4O3/c1-21-20(22-8-5-11-26-15-14-25-2)23-16-18-6-3-4-7-19(18)17-24-9-12-27-13-10-24/h3-4,6-7H,5,8-17H2,1-2H3,(H2,21,22,23). The van der Waals surface area contributed by atoms with E-state index in [2.05, 4.69) is 44.8 Å².